The van der Waals surface area contributed by atoms with Gasteiger partial charge in [0.25, 0.3) is 0 Å². The molecule has 0 unspecified atom stereocenters. The summed E-state index contributed by atoms with van der Waals surface area (Å²) in [4.78, 5) is 10.8. The van der Waals surface area contributed by atoms with Gasteiger partial charge in [0, 0.05) is 5.56 Å². The Hall–Kier alpha value is -2.49. The summed E-state index contributed by atoms with van der Waals surface area (Å²) < 4.78 is 17.5. The number of ether oxygens (including phenoxy) is 3. The number of fused-ring (bicyclic) bond motifs is 1. The van der Waals surface area contributed by atoms with E-state index in [0.29, 0.717) is 30.3 Å². The highest BCUT2D eigenvalue weighted by Gasteiger charge is 2.22. The molecule has 0 amide bonds. The SMILES string of the molecule is Cc1cc(C)c(OC[C@@H]2COc3cc(C=O)ccc3O2)c(C)c1. The third-order valence-electron chi connectivity index (χ3n) is 3.84. The number of rotatable bonds is 4. The van der Waals surface area contributed by atoms with Crippen molar-refractivity contribution in [2.24, 2.45) is 0 Å². The number of benzene rings is 2. The molecule has 2 aromatic carbocycles. The Morgan fingerprint density at radius 2 is 1.87 bits per heavy atom. The van der Waals surface area contributed by atoms with Gasteiger partial charge in [-0.15, -0.1) is 0 Å². The molecule has 0 bridgehead atoms. The van der Waals surface area contributed by atoms with Gasteiger partial charge in [-0.3, -0.25) is 4.79 Å². The minimum Gasteiger partial charge on any atom is -0.489 e. The maximum absolute atomic E-state index is 10.8. The second-order valence-corrected chi connectivity index (χ2v) is 5.91. The number of carbonyl (C=O) groups is 1. The molecule has 2 aromatic rings. The molecule has 0 fully saturated rings. The van der Waals surface area contributed by atoms with Crippen molar-refractivity contribution in [3.8, 4) is 17.2 Å². The Bertz CT molecular complexity index is 713. The fourth-order valence-corrected chi connectivity index (χ4v) is 2.86. The summed E-state index contributed by atoms with van der Waals surface area (Å²) >= 11 is 0. The predicted octanol–water partition coefficient (Wildman–Crippen LogP) is 3.64. The lowest BCUT2D eigenvalue weighted by Crippen LogP contribution is -2.34. The predicted molar refractivity (Wildman–Crippen MR) is 87.9 cm³/mol. The van der Waals surface area contributed by atoms with Gasteiger partial charge in [-0.25, -0.2) is 0 Å². The molecule has 120 valence electrons. The molecule has 0 spiro atoms. The van der Waals surface area contributed by atoms with Crippen LogP contribution in [-0.4, -0.2) is 25.6 Å². The molecule has 1 heterocycles. The maximum atomic E-state index is 10.8. The van der Waals surface area contributed by atoms with Gasteiger partial charge >= 0.3 is 0 Å². The Morgan fingerprint density at radius 1 is 1.13 bits per heavy atom. The number of hydrogen-bond acceptors (Lipinski definition) is 4. The van der Waals surface area contributed by atoms with E-state index in [9.17, 15) is 4.79 Å². The Morgan fingerprint density at radius 3 is 2.57 bits per heavy atom. The number of hydrogen-bond donors (Lipinski definition) is 0. The summed E-state index contributed by atoms with van der Waals surface area (Å²) in [5.41, 5.74) is 4.04. The molecule has 3 rings (SSSR count). The van der Waals surface area contributed by atoms with Crippen molar-refractivity contribution >= 4 is 6.29 Å². The van der Waals surface area contributed by atoms with Gasteiger partial charge < -0.3 is 14.2 Å². The molecule has 1 atom stereocenters. The molecule has 0 aliphatic carbocycles. The number of carbonyl (C=O) groups excluding carboxylic acids is 1. The van der Waals surface area contributed by atoms with Crippen LogP contribution in [0.4, 0.5) is 0 Å². The van der Waals surface area contributed by atoms with Crippen LogP contribution in [0.1, 0.15) is 27.0 Å². The Balaban J connectivity index is 1.67. The molecule has 0 saturated carbocycles. The van der Waals surface area contributed by atoms with Crippen LogP contribution < -0.4 is 14.2 Å². The average molecular weight is 312 g/mol. The molecule has 1 aliphatic rings. The Labute approximate surface area is 136 Å². The van der Waals surface area contributed by atoms with Gasteiger partial charge in [0.05, 0.1) is 0 Å². The standard InChI is InChI=1S/C19H20O4/c1-12-6-13(2)19(14(3)7-12)22-11-16-10-21-18-8-15(9-20)4-5-17(18)23-16/h4-9,16H,10-11H2,1-3H3/t16-/m0/s1. The zero-order chi connectivity index (χ0) is 16.4. The number of aldehydes is 1. The quantitative estimate of drug-likeness (QED) is 0.809. The fourth-order valence-electron chi connectivity index (χ4n) is 2.86. The molecule has 1 aliphatic heterocycles. The fraction of sp³-hybridized carbons (Fsp3) is 0.316. The van der Waals surface area contributed by atoms with E-state index in [1.807, 2.05) is 13.8 Å². The van der Waals surface area contributed by atoms with Gasteiger partial charge in [-0.1, -0.05) is 17.7 Å². The maximum Gasteiger partial charge on any atom is 0.166 e. The molecule has 0 aromatic heterocycles. The van der Waals surface area contributed by atoms with E-state index in [4.69, 9.17) is 14.2 Å². The first-order valence-electron chi connectivity index (χ1n) is 7.66. The first-order valence-corrected chi connectivity index (χ1v) is 7.66. The first kappa shape index (κ1) is 15.4. The van der Waals surface area contributed by atoms with Crippen LogP contribution >= 0.6 is 0 Å². The van der Waals surface area contributed by atoms with Crippen molar-refractivity contribution in [1.82, 2.24) is 0 Å². The number of aryl methyl sites for hydroxylation is 3. The van der Waals surface area contributed by atoms with Crippen LogP contribution in [0, 0.1) is 20.8 Å². The van der Waals surface area contributed by atoms with Gasteiger partial charge in [0.1, 0.15) is 25.2 Å². The topological polar surface area (TPSA) is 44.8 Å². The zero-order valence-corrected chi connectivity index (χ0v) is 13.6. The van der Waals surface area contributed by atoms with Crippen molar-refractivity contribution in [2.45, 2.75) is 26.9 Å². The van der Waals surface area contributed by atoms with Crippen LogP contribution in [0.5, 0.6) is 17.2 Å². The first-order chi connectivity index (χ1) is 11.1. The molecular formula is C19H20O4. The molecule has 0 N–H and O–H groups in total. The van der Waals surface area contributed by atoms with Gasteiger partial charge in [-0.2, -0.15) is 0 Å². The summed E-state index contributed by atoms with van der Waals surface area (Å²) in [5.74, 6) is 2.16. The monoisotopic (exact) mass is 312 g/mol. The highest BCUT2D eigenvalue weighted by molar-refractivity contribution is 5.76. The van der Waals surface area contributed by atoms with Crippen LogP contribution in [0.2, 0.25) is 0 Å². The third kappa shape index (κ3) is 3.31. The van der Waals surface area contributed by atoms with E-state index in [1.54, 1.807) is 18.2 Å². The summed E-state index contributed by atoms with van der Waals surface area (Å²) in [5, 5.41) is 0. The lowest BCUT2D eigenvalue weighted by molar-refractivity contribution is 0.0531. The molecule has 4 nitrogen and oxygen atoms in total. The van der Waals surface area contributed by atoms with Crippen molar-refractivity contribution in [3.63, 3.8) is 0 Å². The van der Waals surface area contributed by atoms with E-state index in [0.717, 1.165) is 23.2 Å². The normalized spacial score (nSPS) is 16.0. The lowest BCUT2D eigenvalue weighted by atomic mass is 10.1. The van der Waals surface area contributed by atoms with Crippen molar-refractivity contribution in [2.75, 3.05) is 13.2 Å². The summed E-state index contributed by atoms with van der Waals surface area (Å²) in [6.45, 7) is 6.99. The van der Waals surface area contributed by atoms with E-state index >= 15 is 0 Å². The van der Waals surface area contributed by atoms with Crippen molar-refractivity contribution < 1.29 is 19.0 Å². The molecule has 0 saturated heterocycles. The van der Waals surface area contributed by atoms with Gasteiger partial charge in [0.15, 0.2) is 17.6 Å². The summed E-state index contributed by atoms with van der Waals surface area (Å²) in [6.07, 6.45) is 0.617. The van der Waals surface area contributed by atoms with Crippen LogP contribution in [-0.2, 0) is 0 Å². The lowest BCUT2D eigenvalue weighted by Gasteiger charge is -2.27. The van der Waals surface area contributed by atoms with E-state index in [2.05, 4.69) is 19.1 Å². The second-order valence-electron chi connectivity index (χ2n) is 5.91. The highest BCUT2D eigenvalue weighted by atomic mass is 16.6. The zero-order valence-electron chi connectivity index (χ0n) is 13.6. The van der Waals surface area contributed by atoms with Gasteiger partial charge in [-0.05, 0) is 50.1 Å². The second kappa shape index (κ2) is 6.32. The van der Waals surface area contributed by atoms with E-state index in [1.165, 1.54) is 5.56 Å². The molecular weight excluding hydrogens is 292 g/mol. The summed E-state index contributed by atoms with van der Waals surface area (Å²) in [7, 11) is 0. The Kier molecular flexibility index (Phi) is 4.24. The van der Waals surface area contributed by atoms with E-state index < -0.39 is 0 Å². The third-order valence-corrected chi connectivity index (χ3v) is 3.84. The summed E-state index contributed by atoms with van der Waals surface area (Å²) in [6, 6.07) is 9.38. The van der Waals surface area contributed by atoms with Crippen LogP contribution in [0.3, 0.4) is 0 Å². The van der Waals surface area contributed by atoms with Crippen molar-refractivity contribution in [1.29, 1.82) is 0 Å². The van der Waals surface area contributed by atoms with E-state index in [-0.39, 0.29) is 6.10 Å². The smallest absolute Gasteiger partial charge is 0.166 e. The average Bonchev–Trinajstić information content (AvgIpc) is 2.53. The highest BCUT2D eigenvalue weighted by Crippen LogP contribution is 2.32. The molecule has 4 heteroatoms. The minimum atomic E-state index is -0.176. The molecule has 23 heavy (non-hydrogen) atoms. The van der Waals surface area contributed by atoms with Crippen LogP contribution in [0.15, 0.2) is 30.3 Å². The van der Waals surface area contributed by atoms with Crippen molar-refractivity contribution in [3.05, 3.63) is 52.6 Å². The van der Waals surface area contributed by atoms with Crippen LogP contribution in [0.25, 0.3) is 0 Å². The largest absolute Gasteiger partial charge is 0.489 e. The minimum absolute atomic E-state index is 0.176. The molecule has 0 radical (unpaired) electrons. The van der Waals surface area contributed by atoms with Gasteiger partial charge in [0.2, 0.25) is 0 Å².